The van der Waals surface area contributed by atoms with Crippen molar-refractivity contribution in [3.63, 3.8) is 0 Å². The minimum Gasteiger partial charge on any atom is -0.457 e. The van der Waals surface area contributed by atoms with Crippen molar-refractivity contribution < 1.29 is 4.74 Å². The molecule has 0 N–H and O–H groups in total. The first-order valence-electron chi connectivity index (χ1n) is 24.1. The SMILES string of the molecule is CC(C)(C)c1ccc(-c2cc(N3CN(c4cccc(Oc5ccc6c7ccc(C(C)(C)C)cc7n(-c7cc(C(C)(C)C)ccn7)c6c5)c4)c4ccc(C(C)(C)C)cc43)cc(C(C)(C)C)c2)cc1. The number of rotatable bonds is 6. The highest BCUT2D eigenvalue weighted by molar-refractivity contribution is 6.09. The lowest BCUT2D eigenvalue weighted by atomic mass is 9.83. The molecule has 0 saturated carbocycles. The summed E-state index contributed by atoms with van der Waals surface area (Å²) < 4.78 is 9.19. The third-order valence-corrected chi connectivity index (χ3v) is 13.7. The molecule has 67 heavy (non-hydrogen) atoms. The summed E-state index contributed by atoms with van der Waals surface area (Å²) in [4.78, 5) is 9.91. The smallest absolute Gasteiger partial charge is 0.137 e. The number of hydrogen-bond acceptors (Lipinski definition) is 4. The predicted molar refractivity (Wildman–Crippen MR) is 286 cm³/mol. The maximum atomic E-state index is 6.87. The molecule has 5 nitrogen and oxygen atoms in total. The van der Waals surface area contributed by atoms with E-state index in [4.69, 9.17) is 9.72 Å². The molecule has 0 amide bonds. The third-order valence-electron chi connectivity index (χ3n) is 13.7. The zero-order valence-electron chi connectivity index (χ0n) is 42.7. The van der Waals surface area contributed by atoms with Crippen LogP contribution >= 0.6 is 0 Å². The molecule has 2 aromatic heterocycles. The Morgan fingerprint density at radius 2 is 0.955 bits per heavy atom. The van der Waals surface area contributed by atoms with Gasteiger partial charge in [0, 0.05) is 40.5 Å². The fraction of sp³-hybridized carbons (Fsp3) is 0.339. The van der Waals surface area contributed by atoms with Crippen molar-refractivity contribution in [2.75, 3.05) is 16.5 Å². The van der Waals surface area contributed by atoms with Gasteiger partial charge in [0.05, 0.1) is 22.4 Å². The van der Waals surface area contributed by atoms with Crippen molar-refractivity contribution in [1.82, 2.24) is 9.55 Å². The van der Waals surface area contributed by atoms with E-state index in [2.05, 4.69) is 252 Å². The van der Waals surface area contributed by atoms with Crippen molar-refractivity contribution in [3.8, 4) is 28.4 Å². The van der Waals surface area contributed by atoms with E-state index < -0.39 is 0 Å². The normalized spacial score (nSPS) is 13.8. The lowest BCUT2D eigenvalue weighted by Crippen LogP contribution is -2.24. The van der Waals surface area contributed by atoms with Gasteiger partial charge in [-0.25, -0.2) is 4.98 Å². The van der Waals surface area contributed by atoms with Crippen LogP contribution in [0.25, 0.3) is 38.8 Å². The molecule has 0 unspecified atom stereocenters. The van der Waals surface area contributed by atoms with Gasteiger partial charge >= 0.3 is 0 Å². The van der Waals surface area contributed by atoms with E-state index in [9.17, 15) is 0 Å². The van der Waals surface area contributed by atoms with Crippen LogP contribution in [0.5, 0.6) is 11.5 Å². The largest absolute Gasteiger partial charge is 0.457 e. The van der Waals surface area contributed by atoms with Crippen LogP contribution in [-0.2, 0) is 27.1 Å². The Morgan fingerprint density at radius 1 is 0.403 bits per heavy atom. The number of ether oxygens (including phenoxy) is 1. The number of aromatic nitrogens is 2. The average Bonchev–Trinajstić information content (AvgIpc) is 3.80. The Labute approximate surface area is 400 Å². The molecular weight excluding hydrogens is 817 g/mol. The molecule has 0 bridgehead atoms. The van der Waals surface area contributed by atoms with Crippen molar-refractivity contribution >= 4 is 44.6 Å². The topological polar surface area (TPSA) is 33.5 Å². The first kappa shape index (κ1) is 45.8. The van der Waals surface area contributed by atoms with Crippen molar-refractivity contribution in [1.29, 1.82) is 0 Å². The van der Waals surface area contributed by atoms with Crippen LogP contribution in [0.3, 0.4) is 0 Å². The highest BCUT2D eigenvalue weighted by Gasteiger charge is 2.32. The van der Waals surface area contributed by atoms with Crippen LogP contribution in [0, 0.1) is 0 Å². The molecule has 6 aromatic carbocycles. The van der Waals surface area contributed by atoms with Crippen LogP contribution in [-0.4, -0.2) is 16.2 Å². The van der Waals surface area contributed by atoms with Gasteiger partial charge in [-0.15, -0.1) is 0 Å². The molecule has 0 atom stereocenters. The Hall–Kier alpha value is -6.33. The number of benzene rings is 6. The van der Waals surface area contributed by atoms with E-state index in [0.29, 0.717) is 6.67 Å². The van der Waals surface area contributed by atoms with Gasteiger partial charge in [0.1, 0.15) is 24.0 Å². The minimum atomic E-state index is -0.0446. The summed E-state index contributed by atoms with van der Waals surface area (Å²) in [5.41, 5.74) is 15.8. The van der Waals surface area contributed by atoms with Gasteiger partial charge in [-0.3, -0.25) is 4.57 Å². The van der Waals surface area contributed by atoms with Gasteiger partial charge in [-0.1, -0.05) is 158 Å². The van der Waals surface area contributed by atoms with Gasteiger partial charge in [0.25, 0.3) is 0 Å². The summed E-state index contributed by atoms with van der Waals surface area (Å²) in [7, 11) is 0. The number of nitrogens with zero attached hydrogens (tertiary/aromatic N) is 4. The van der Waals surface area contributed by atoms with E-state index in [0.717, 1.165) is 34.0 Å². The fourth-order valence-electron chi connectivity index (χ4n) is 9.33. The van der Waals surface area contributed by atoms with Gasteiger partial charge < -0.3 is 14.5 Å². The van der Waals surface area contributed by atoms with Crippen LogP contribution in [0.2, 0.25) is 0 Å². The van der Waals surface area contributed by atoms with Crippen LogP contribution in [0.1, 0.15) is 132 Å². The van der Waals surface area contributed by atoms with Crippen LogP contribution in [0.4, 0.5) is 22.7 Å². The molecule has 0 spiro atoms. The zero-order valence-corrected chi connectivity index (χ0v) is 42.7. The summed E-state index contributed by atoms with van der Waals surface area (Å²) in [5, 5.41) is 2.37. The lowest BCUT2D eigenvalue weighted by molar-refractivity contribution is 0.483. The second-order valence-corrected chi connectivity index (χ2v) is 24.0. The molecule has 0 radical (unpaired) electrons. The predicted octanol–water partition coefficient (Wildman–Crippen LogP) is 17.4. The highest BCUT2D eigenvalue weighted by atomic mass is 16.5. The van der Waals surface area contributed by atoms with Gasteiger partial charge in [-0.05, 0) is 133 Å². The van der Waals surface area contributed by atoms with Crippen molar-refractivity contribution in [3.05, 3.63) is 167 Å². The molecule has 344 valence electrons. The Kier molecular flexibility index (Phi) is 11.1. The van der Waals surface area contributed by atoms with Gasteiger partial charge in [0.15, 0.2) is 0 Å². The monoisotopic (exact) mass is 887 g/mol. The quantitative estimate of drug-likeness (QED) is 0.167. The maximum absolute atomic E-state index is 6.87. The summed E-state index contributed by atoms with van der Waals surface area (Å²) in [6.07, 6.45) is 1.94. The molecule has 1 aliphatic heterocycles. The summed E-state index contributed by atoms with van der Waals surface area (Å²) in [6, 6.07) is 49.7. The number of fused-ring (bicyclic) bond motifs is 4. The lowest BCUT2D eigenvalue weighted by Gasteiger charge is -2.27. The zero-order chi connectivity index (χ0) is 48.0. The van der Waals surface area contributed by atoms with E-state index in [1.165, 1.54) is 66.8 Å². The molecule has 9 rings (SSSR count). The average molecular weight is 887 g/mol. The molecular formula is C62H70N4O. The van der Waals surface area contributed by atoms with E-state index in [1.807, 2.05) is 6.20 Å². The van der Waals surface area contributed by atoms with Gasteiger partial charge in [-0.2, -0.15) is 0 Å². The maximum Gasteiger partial charge on any atom is 0.137 e. The second kappa shape index (κ2) is 16.2. The number of anilines is 4. The Bertz CT molecular complexity index is 3150. The molecule has 8 aromatic rings. The molecule has 5 heteroatoms. The molecule has 0 fully saturated rings. The first-order chi connectivity index (χ1) is 31.3. The standard InChI is InChI=1S/C62H70N4O/c1-58(2,3)42-21-19-40(20-22-42)41-31-46(62(13,14)15)33-48(32-41)65-39-64(53-28-24-44(35-56(53)65)60(7,8)9)47-17-16-18-49(37-47)67-50-25-27-52-51-26-23-43(59(4,5)6)34-54(51)66(55(52)38-50)57-36-45(29-30-63-57)61(10,11)12/h16-38H,39H2,1-15H3. The van der Waals surface area contributed by atoms with E-state index in [1.54, 1.807) is 0 Å². The number of hydrogen-bond donors (Lipinski definition) is 0. The Morgan fingerprint density at radius 3 is 1.61 bits per heavy atom. The van der Waals surface area contributed by atoms with Crippen LogP contribution in [0.15, 0.2) is 140 Å². The summed E-state index contributed by atoms with van der Waals surface area (Å²) in [6.45, 7) is 34.9. The fourth-order valence-corrected chi connectivity index (χ4v) is 9.33. The summed E-state index contributed by atoms with van der Waals surface area (Å²) >= 11 is 0. The van der Waals surface area contributed by atoms with Crippen LogP contribution < -0.4 is 14.5 Å². The van der Waals surface area contributed by atoms with E-state index in [-0.39, 0.29) is 27.1 Å². The highest BCUT2D eigenvalue weighted by Crippen LogP contribution is 2.48. The molecule has 0 aliphatic carbocycles. The Balaban J connectivity index is 1.11. The van der Waals surface area contributed by atoms with Crippen molar-refractivity contribution in [2.45, 2.75) is 131 Å². The molecule has 0 saturated heterocycles. The van der Waals surface area contributed by atoms with Crippen molar-refractivity contribution in [2.24, 2.45) is 0 Å². The first-order valence-corrected chi connectivity index (χ1v) is 24.1. The molecule has 3 heterocycles. The summed E-state index contributed by atoms with van der Waals surface area (Å²) in [5.74, 6) is 2.46. The minimum absolute atomic E-state index is 0.00443. The van der Waals surface area contributed by atoms with E-state index >= 15 is 0 Å². The van der Waals surface area contributed by atoms with Gasteiger partial charge in [0.2, 0.25) is 0 Å². The third kappa shape index (κ3) is 8.98. The second-order valence-electron chi connectivity index (χ2n) is 24.0. The number of pyridine rings is 1. The molecule has 1 aliphatic rings.